The summed E-state index contributed by atoms with van der Waals surface area (Å²) in [6.07, 6.45) is 1.69. The van der Waals surface area contributed by atoms with Gasteiger partial charge < -0.3 is 9.47 Å². The largest absolute Gasteiger partial charge is 0.349 e. The molecule has 0 aromatic heterocycles. The van der Waals surface area contributed by atoms with Crippen LogP contribution in [0.2, 0.25) is 5.02 Å². The van der Waals surface area contributed by atoms with Crippen LogP contribution in [0.1, 0.15) is 19.3 Å². The molecule has 1 unspecified atom stereocenters. The van der Waals surface area contributed by atoms with Crippen LogP contribution < -0.4 is 0 Å². The number of nitrogens with zero attached hydrogens (tertiary/aromatic N) is 1. The first-order valence-electron chi connectivity index (χ1n) is 7.20. The lowest BCUT2D eigenvalue weighted by Crippen LogP contribution is -2.50. The lowest BCUT2D eigenvalue weighted by Gasteiger charge is -2.36. The molecular weight excluding hydrogens is 333 g/mol. The maximum atomic E-state index is 14.1. The molecule has 22 heavy (non-hydrogen) atoms. The first-order valence-corrected chi connectivity index (χ1v) is 9.02. The van der Waals surface area contributed by atoms with E-state index in [2.05, 4.69) is 0 Å². The van der Waals surface area contributed by atoms with Gasteiger partial charge in [0.05, 0.1) is 19.3 Å². The summed E-state index contributed by atoms with van der Waals surface area (Å²) in [5.74, 6) is -0.843. The van der Waals surface area contributed by atoms with E-state index in [-0.39, 0.29) is 9.92 Å². The number of halogens is 2. The Morgan fingerprint density at radius 3 is 2.64 bits per heavy atom. The molecule has 0 bridgehead atoms. The number of benzene rings is 1. The Hall–Kier alpha value is -0.730. The molecule has 0 saturated carbocycles. The predicted molar refractivity (Wildman–Crippen MR) is 78.6 cm³/mol. The maximum absolute atomic E-state index is 14.1. The van der Waals surface area contributed by atoms with Crippen LogP contribution in [0.15, 0.2) is 23.1 Å². The van der Waals surface area contributed by atoms with Gasteiger partial charge >= 0.3 is 0 Å². The van der Waals surface area contributed by atoms with Gasteiger partial charge in [-0.15, -0.1) is 0 Å². The normalized spacial score (nSPS) is 24.7. The molecule has 2 fully saturated rings. The lowest BCUT2D eigenvalue weighted by molar-refractivity contribution is -0.0913. The van der Waals surface area contributed by atoms with Crippen LogP contribution in [0.5, 0.6) is 0 Å². The van der Waals surface area contributed by atoms with Gasteiger partial charge in [0.15, 0.2) is 6.29 Å². The zero-order valence-electron chi connectivity index (χ0n) is 11.9. The van der Waals surface area contributed by atoms with Crippen molar-refractivity contribution in [3.05, 3.63) is 29.0 Å². The summed E-state index contributed by atoms with van der Waals surface area (Å²) in [6.45, 7) is 1.23. The summed E-state index contributed by atoms with van der Waals surface area (Å²) < 4.78 is 51.9. The van der Waals surface area contributed by atoms with E-state index in [0.717, 1.165) is 18.9 Å². The van der Waals surface area contributed by atoms with Crippen LogP contribution in [-0.2, 0) is 19.5 Å². The van der Waals surface area contributed by atoms with Crippen LogP contribution in [0.4, 0.5) is 4.39 Å². The molecule has 0 aliphatic carbocycles. The van der Waals surface area contributed by atoms with Crippen molar-refractivity contribution < 1.29 is 22.3 Å². The minimum Gasteiger partial charge on any atom is -0.349 e. The number of sulfonamides is 1. The average Bonchev–Trinajstić information content (AvgIpc) is 3.01. The summed E-state index contributed by atoms with van der Waals surface area (Å²) in [6, 6.07) is 3.17. The van der Waals surface area contributed by atoms with Crippen molar-refractivity contribution >= 4 is 21.6 Å². The van der Waals surface area contributed by atoms with Crippen LogP contribution in [0, 0.1) is 5.82 Å². The second kappa shape index (κ2) is 6.41. The number of ether oxygens (including phenoxy) is 2. The third-order valence-corrected chi connectivity index (χ3v) is 6.13. The third-order valence-electron chi connectivity index (χ3n) is 3.94. The minimum absolute atomic E-state index is 0.161. The van der Waals surface area contributed by atoms with E-state index in [4.69, 9.17) is 21.1 Å². The summed E-state index contributed by atoms with van der Waals surface area (Å²) >= 11 is 5.70. The summed E-state index contributed by atoms with van der Waals surface area (Å²) in [5.41, 5.74) is 0. The number of hydrogen-bond donors (Lipinski definition) is 0. The zero-order chi connectivity index (χ0) is 15.7. The molecule has 1 aromatic carbocycles. The summed E-state index contributed by atoms with van der Waals surface area (Å²) in [5, 5.41) is 0.161. The van der Waals surface area contributed by atoms with Gasteiger partial charge in [-0.05, 0) is 31.0 Å². The number of rotatable bonds is 3. The molecular formula is C14H17ClFNO4S. The smallest absolute Gasteiger partial charge is 0.246 e. The van der Waals surface area contributed by atoms with Gasteiger partial charge in [0.1, 0.15) is 10.7 Å². The van der Waals surface area contributed by atoms with Crippen molar-refractivity contribution in [1.82, 2.24) is 4.31 Å². The van der Waals surface area contributed by atoms with E-state index < -0.39 is 28.2 Å². The molecule has 2 aliphatic rings. The highest BCUT2D eigenvalue weighted by atomic mass is 35.5. The van der Waals surface area contributed by atoms with E-state index in [1.807, 2.05) is 0 Å². The topological polar surface area (TPSA) is 55.8 Å². The average molecular weight is 350 g/mol. The molecule has 1 atom stereocenters. The van der Waals surface area contributed by atoms with E-state index >= 15 is 0 Å². The van der Waals surface area contributed by atoms with Crippen molar-refractivity contribution in [3.63, 3.8) is 0 Å². The quantitative estimate of drug-likeness (QED) is 0.840. The first-order chi connectivity index (χ1) is 10.5. The van der Waals surface area contributed by atoms with Gasteiger partial charge in [-0.1, -0.05) is 18.0 Å². The molecule has 2 saturated heterocycles. The van der Waals surface area contributed by atoms with Crippen LogP contribution in [0.25, 0.3) is 0 Å². The SMILES string of the molecule is O=S(=O)(c1ccc(Cl)cc1F)N1CCCCC1C1OCCO1. The fourth-order valence-corrected chi connectivity index (χ4v) is 4.80. The van der Waals surface area contributed by atoms with Crippen LogP contribution >= 0.6 is 11.6 Å². The molecule has 8 heteroatoms. The van der Waals surface area contributed by atoms with E-state index in [1.165, 1.54) is 16.4 Å². The first kappa shape index (κ1) is 16.1. The molecule has 5 nitrogen and oxygen atoms in total. The summed E-state index contributed by atoms with van der Waals surface area (Å²) in [7, 11) is -3.96. The van der Waals surface area contributed by atoms with E-state index in [9.17, 15) is 12.8 Å². The monoisotopic (exact) mass is 349 g/mol. The van der Waals surface area contributed by atoms with Crippen LogP contribution in [-0.4, -0.2) is 44.8 Å². The molecule has 2 heterocycles. The Morgan fingerprint density at radius 1 is 1.23 bits per heavy atom. The van der Waals surface area contributed by atoms with Crippen molar-refractivity contribution in [2.75, 3.05) is 19.8 Å². The second-order valence-corrected chi connectivity index (χ2v) is 7.66. The molecule has 0 N–H and O–H groups in total. The fourth-order valence-electron chi connectivity index (χ4n) is 2.91. The predicted octanol–water partition coefficient (Wildman–Crippen LogP) is 2.40. The van der Waals surface area contributed by atoms with Crippen molar-refractivity contribution in [1.29, 1.82) is 0 Å². The Labute approximate surface area is 134 Å². The van der Waals surface area contributed by atoms with Gasteiger partial charge in [0.25, 0.3) is 0 Å². The minimum atomic E-state index is -3.96. The van der Waals surface area contributed by atoms with Gasteiger partial charge in [-0.2, -0.15) is 4.31 Å². The summed E-state index contributed by atoms with van der Waals surface area (Å²) in [4.78, 5) is -0.359. The van der Waals surface area contributed by atoms with Gasteiger partial charge in [0.2, 0.25) is 10.0 Å². The van der Waals surface area contributed by atoms with E-state index in [1.54, 1.807) is 0 Å². The van der Waals surface area contributed by atoms with Gasteiger partial charge in [-0.3, -0.25) is 0 Å². The van der Waals surface area contributed by atoms with E-state index in [0.29, 0.717) is 26.2 Å². The van der Waals surface area contributed by atoms with Crippen molar-refractivity contribution in [2.45, 2.75) is 36.5 Å². The molecule has 0 radical (unpaired) electrons. The fraction of sp³-hybridized carbons (Fsp3) is 0.571. The molecule has 2 aliphatic heterocycles. The third kappa shape index (κ3) is 3.00. The van der Waals surface area contributed by atoms with Gasteiger partial charge in [-0.25, -0.2) is 12.8 Å². The highest BCUT2D eigenvalue weighted by Crippen LogP contribution is 2.31. The highest BCUT2D eigenvalue weighted by Gasteiger charge is 2.41. The number of piperidine rings is 1. The molecule has 1 aromatic rings. The molecule has 0 spiro atoms. The Balaban J connectivity index is 1.94. The standard InChI is InChI=1S/C14H17ClFNO4S/c15-10-4-5-13(11(16)9-10)22(18,19)17-6-2-1-3-12(17)14-20-7-8-21-14/h4-5,9,12,14H,1-3,6-8H2. The Morgan fingerprint density at radius 2 is 1.95 bits per heavy atom. The van der Waals surface area contributed by atoms with Gasteiger partial charge in [0, 0.05) is 11.6 Å². The Bertz CT molecular complexity index is 648. The molecule has 0 amide bonds. The number of hydrogen-bond acceptors (Lipinski definition) is 4. The zero-order valence-corrected chi connectivity index (χ0v) is 13.4. The van der Waals surface area contributed by atoms with Crippen molar-refractivity contribution in [2.24, 2.45) is 0 Å². The molecule has 3 rings (SSSR count). The van der Waals surface area contributed by atoms with Crippen LogP contribution in [0.3, 0.4) is 0 Å². The second-order valence-electron chi connectivity index (χ2n) is 5.36. The van der Waals surface area contributed by atoms with Crippen molar-refractivity contribution in [3.8, 4) is 0 Å². The lowest BCUT2D eigenvalue weighted by atomic mass is 10.0. The highest BCUT2D eigenvalue weighted by molar-refractivity contribution is 7.89. The molecule has 122 valence electrons. The Kier molecular flexibility index (Phi) is 4.70. The maximum Gasteiger partial charge on any atom is 0.246 e.